The Kier molecular flexibility index (Phi) is 6.43. The Bertz CT molecular complexity index is 469. The first-order chi connectivity index (χ1) is 10.3. The highest BCUT2D eigenvalue weighted by Crippen LogP contribution is 2.21. The summed E-state index contributed by atoms with van der Waals surface area (Å²) in [7, 11) is -1.42. The molecular formula is C16H19BO4. The zero-order chi connectivity index (χ0) is 14.9. The minimum atomic E-state index is -1.42. The summed E-state index contributed by atoms with van der Waals surface area (Å²) in [6.07, 6.45) is 0.604. The van der Waals surface area contributed by atoms with Crippen molar-refractivity contribution in [1.29, 1.82) is 0 Å². The molecule has 3 rings (SSSR count). The third-order valence-electron chi connectivity index (χ3n) is 3.00. The van der Waals surface area contributed by atoms with Gasteiger partial charge in [-0.3, -0.25) is 0 Å². The standard InChI is InChI=1S/C10H13BO4.C6H6/c12-11(13)9-4-2-8(3-5-9)10-14-6-1-7-15-10;1-2-4-6-5-3-1/h2-5,10,12-13H,1,6-7H2;1-6H. The van der Waals surface area contributed by atoms with E-state index in [1.54, 1.807) is 24.3 Å². The minimum absolute atomic E-state index is 0.316. The van der Waals surface area contributed by atoms with Crippen molar-refractivity contribution in [2.75, 3.05) is 13.2 Å². The Morgan fingerprint density at radius 3 is 1.71 bits per heavy atom. The van der Waals surface area contributed by atoms with Gasteiger partial charge in [0.25, 0.3) is 0 Å². The third-order valence-corrected chi connectivity index (χ3v) is 3.00. The van der Waals surface area contributed by atoms with E-state index in [9.17, 15) is 0 Å². The molecule has 2 aromatic rings. The van der Waals surface area contributed by atoms with E-state index in [1.807, 2.05) is 36.4 Å². The molecule has 1 aliphatic heterocycles. The van der Waals surface area contributed by atoms with Gasteiger partial charge in [-0.25, -0.2) is 0 Å². The van der Waals surface area contributed by atoms with Crippen LogP contribution in [0.25, 0.3) is 0 Å². The Balaban J connectivity index is 0.000000225. The molecule has 5 heteroatoms. The fourth-order valence-electron chi connectivity index (χ4n) is 1.89. The summed E-state index contributed by atoms with van der Waals surface area (Å²) in [4.78, 5) is 0. The zero-order valence-electron chi connectivity index (χ0n) is 11.8. The monoisotopic (exact) mass is 286 g/mol. The van der Waals surface area contributed by atoms with Crippen molar-refractivity contribution in [2.24, 2.45) is 0 Å². The van der Waals surface area contributed by atoms with Crippen LogP contribution in [0, 0.1) is 0 Å². The lowest BCUT2D eigenvalue weighted by Gasteiger charge is -2.23. The van der Waals surface area contributed by atoms with E-state index in [-0.39, 0.29) is 6.29 Å². The second-order valence-corrected chi connectivity index (χ2v) is 4.62. The molecule has 110 valence electrons. The maximum absolute atomic E-state index is 8.92. The molecule has 1 aliphatic rings. The Morgan fingerprint density at radius 1 is 0.810 bits per heavy atom. The summed E-state index contributed by atoms with van der Waals surface area (Å²) in [5.41, 5.74) is 1.37. The molecule has 0 saturated carbocycles. The van der Waals surface area contributed by atoms with Crippen LogP contribution in [0.3, 0.4) is 0 Å². The van der Waals surface area contributed by atoms with Crippen LogP contribution < -0.4 is 5.46 Å². The lowest BCUT2D eigenvalue weighted by molar-refractivity contribution is -0.183. The second-order valence-electron chi connectivity index (χ2n) is 4.62. The maximum Gasteiger partial charge on any atom is 0.488 e. The van der Waals surface area contributed by atoms with Gasteiger partial charge in [0.1, 0.15) is 0 Å². The summed E-state index contributed by atoms with van der Waals surface area (Å²) in [6.45, 7) is 1.41. The number of hydrogen-bond acceptors (Lipinski definition) is 4. The molecular weight excluding hydrogens is 267 g/mol. The maximum atomic E-state index is 8.92. The summed E-state index contributed by atoms with van der Waals surface area (Å²) in [5, 5.41) is 17.8. The highest BCUT2D eigenvalue weighted by atomic mass is 16.7. The molecule has 0 radical (unpaired) electrons. The van der Waals surface area contributed by atoms with Crippen LogP contribution in [0.15, 0.2) is 60.7 Å². The third kappa shape index (κ3) is 5.32. The zero-order valence-corrected chi connectivity index (χ0v) is 11.8. The predicted octanol–water partition coefficient (Wildman–Crippen LogP) is 1.49. The Hall–Kier alpha value is -1.66. The van der Waals surface area contributed by atoms with E-state index < -0.39 is 7.12 Å². The van der Waals surface area contributed by atoms with Crippen molar-refractivity contribution in [2.45, 2.75) is 12.7 Å². The fourth-order valence-corrected chi connectivity index (χ4v) is 1.89. The first-order valence-corrected chi connectivity index (χ1v) is 6.96. The van der Waals surface area contributed by atoms with Crippen LogP contribution in [0.5, 0.6) is 0 Å². The summed E-state index contributed by atoms with van der Waals surface area (Å²) in [6, 6.07) is 18.9. The highest BCUT2D eigenvalue weighted by molar-refractivity contribution is 6.58. The average molecular weight is 286 g/mol. The first kappa shape index (κ1) is 15.7. The van der Waals surface area contributed by atoms with Crippen LogP contribution in [-0.4, -0.2) is 30.4 Å². The average Bonchev–Trinajstić information content (AvgIpc) is 2.58. The first-order valence-electron chi connectivity index (χ1n) is 6.96. The topological polar surface area (TPSA) is 58.9 Å². The molecule has 1 heterocycles. The van der Waals surface area contributed by atoms with Gasteiger partial charge in [0.2, 0.25) is 0 Å². The molecule has 0 amide bonds. The van der Waals surface area contributed by atoms with Gasteiger partial charge in [0.15, 0.2) is 6.29 Å². The summed E-state index contributed by atoms with van der Waals surface area (Å²) >= 11 is 0. The predicted molar refractivity (Wildman–Crippen MR) is 82.0 cm³/mol. The van der Waals surface area contributed by atoms with Gasteiger partial charge in [0, 0.05) is 5.56 Å². The van der Waals surface area contributed by atoms with Crippen LogP contribution in [-0.2, 0) is 9.47 Å². The van der Waals surface area contributed by atoms with E-state index in [4.69, 9.17) is 19.5 Å². The molecule has 0 spiro atoms. The van der Waals surface area contributed by atoms with E-state index in [2.05, 4.69) is 0 Å². The second kappa shape index (κ2) is 8.59. The molecule has 1 saturated heterocycles. The van der Waals surface area contributed by atoms with Crippen LogP contribution in [0.2, 0.25) is 0 Å². The largest absolute Gasteiger partial charge is 0.488 e. The van der Waals surface area contributed by atoms with Crippen molar-refractivity contribution in [3.63, 3.8) is 0 Å². The molecule has 4 nitrogen and oxygen atoms in total. The van der Waals surface area contributed by atoms with Gasteiger partial charge in [-0.1, -0.05) is 60.7 Å². The highest BCUT2D eigenvalue weighted by Gasteiger charge is 2.17. The Labute approximate surface area is 125 Å². The lowest BCUT2D eigenvalue weighted by atomic mass is 9.80. The minimum Gasteiger partial charge on any atom is -0.423 e. The van der Waals surface area contributed by atoms with Crippen molar-refractivity contribution in [3.05, 3.63) is 66.2 Å². The van der Waals surface area contributed by atoms with E-state index >= 15 is 0 Å². The van der Waals surface area contributed by atoms with Gasteiger partial charge in [-0.05, 0) is 11.9 Å². The van der Waals surface area contributed by atoms with Gasteiger partial charge in [0.05, 0.1) is 13.2 Å². The number of ether oxygens (including phenoxy) is 2. The smallest absolute Gasteiger partial charge is 0.423 e. The van der Waals surface area contributed by atoms with Crippen molar-refractivity contribution in [3.8, 4) is 0 Å². The SMILES string of the molecule is OB(O)c1ccc(C2OCCCO2)cc1.c1ccccc1. The summed E-state index contributed by atoms with van der Waals surface area (Å²) in [5.74, 6) is 0. The summed E-state index contributed by atoms with van der Waals surface area (Å²) < 4.78 is 10.8. The molecule has 0 bridgehead atoms. The molecule has 0 unspecified atom stereocenters. The molecule has 21 heavy (non-hydrogen) atoms. The quantitative estimate of drug-likeness (QED) is 0.821. The van der Waals surface area contributed by atoms with Crippen molar-refractivity contribution >= 4 is 12.6 Å². The molecule has 2 aromatic carbocycles. The van der Waals surface area contributed by atoms with Crippen LogP contribution >= 0.6 is 0 Å². The molecule has 0 atom stereocenters. The van der Waals surface area contributed by atoms with Gasteiger partial charge in [-0.2, -0.15) is 0 Å². The normalized spacial score (nSPS) is 15.0. The number of benzene rings is 2. The molecule has 0 aromatic heterocycles. The van der Waals surface area contributed by atoms with E-state index in [1.165, 1.54) is 0 Å². The number of rotatable bonds is 2. The van der Waals surface area contributed by atoms with Gasteiger partial charge < -0.3 is 19.5 Å². The van der Waals surface area contributed by atoms with Gasteiger partial charge in [-0.15, -0.1) is 0 Å². The Morgan fingerprint density at radius 2 is 1.29 bits per heavy atom. The van der Waals surface area contributed by atoms with Crippen LogP contribution in [0.1, 0.15) is 18.3 Å². The van der Waals surface area contributed by atoms with Gasteiger partial charge >= 0.3 is 7.12 Å². The van der Waals surface area contributed by atoms with Crippen molar-refractivity contribution < 1.29 is 19.5 Å². The van der Waals surface area contributed by atoms with Crippen LogP contribution in [0.4, 0.5) is 0 Å². The van der Waals surface area contributed by atoms with Crippen molar-refractivity contribution in [1.82, 2.24) is 0 Å². The van der Waals surface area contributed by atoms with E-state index in [0.29, 0.717) is 18.7 Å². The molecule has 1 fully saturated rings. The lowest BCUT2D eigenvalue weighted by Crippen LogP contribution is -2.29. The molecule has 0 aliphatic carbocycles. The molecule has 2 N–H and O–H groups in total. The van der Waals surface area contributed by atoms with E-state index in [0.717, 1.165) is 12.0 Å². The fraction of sp³-hybridized carbons (Fsp3) is 0.250. The number of hydrogen-bond donors (Lipinski definition) is 2.